The number of rotatable bonds is 6. The Balaban J connectivity index is 1.57. The summed E-state index contributed by atoms with van der Waals surface area (Å²) in [6.07, 6.45) is 5.54. The fourth-order valence-corrected chi connectivity index (χ4v) is 3.27. The highest BCUT2D eigenvalue weighted by Crippen LogP contribution is 2.20. The molecule has 0 bridgehead atoms. The molecule has 6 nitrogen and oxygen atoms in total. The van der Waals surface area contributed by atoms with Crippen LogP contribution in [0.2, 0.25) is 0 Å². The average Bonchev–Trinajstić information content (AvgIpc) is 3.00. The predicted molar refractivity (Wildman–Crippen MR) is 92.8 cm³/mol. The second kappa shape index (κ2) is 7.25. The van der Waals surface area contributed by atoms with Crippen LogP contribution < -0.4 is 5.32 Å². The summed E-state index contributed by atoms with van der Waals surface area (Å²) in [6, 6.07) is 2.11. The summed E-state index contributed by atoms with van der Waals surface area (Å²) < 4.78 is 1.77. The van der Waals surface area contributed by atoms with Crippen LogP contribution in [0, 0.1) is 5.92 Å². The summed E-state index contributed by atoms with van der Waals surface area (Å²) in [5, 5.41) is 16.2. The van der Waals surface area contributed by atoms with Crippen molar-refractivity contribution in [1.82, 2.24) is 24.7 Å². The molecule has 0 aliphatic carbocycles. The molecule has 0 radical (unpaired) electrons. The lowest BCUT2D eigenvalue weighted by Crippen LogP contribution is -2.35. The van der Waals surface area contributed by atoms with Crippen molar-refractivity contribution >= 4 is 11.3 Å². The van der Waals surface area contributed by atoms with Crippen molar-refractivity contribution in [2.45, 2.75) is 46.0 Å². The summed E-state index contributed by atoms with van der Waals surface area (Å²) in [6.45, 7) is 11.3. The Hall–Kier alpha value is -1.69. The first kappa shape index (κ1) is 16.2. The van der Waals surface area contributed by atoms with Gasteiger partial charge in [0.1, 0.15) is 6.33 Å². The zero-order valence-electron chi connectivity index (χ0n) is 14.5. The van der Waals surface area contributed by atoms with Gasteiger partial charge in [-0.1, -0.05) is 20.8 Å². The molecule has 1 N–H and O–H groups in total. The number of aromatic nitrogens is 4. The molecule has 2 aromatic heterocycles. The van der Waals surface area contributed by atoms with Crippen LogP contribution in [0.5, 0.6) is 0 Å². The van der Waals surface area contributed by atoms with Crippen LogP contribution >= 0.6 is 0 Å². The van der Waals surface area contributed by atoms with Gasteiger partial charge in [-0.15, -0.1) is 10.2 Å². The molecule has 3 rings (SSSR count). The van der Waals surface area contributed by atoms with Crippen LogP contribution in [-0.2, 0) is 0 Å². The number of nitrogens with zero attached hydrogens (tertiary/aromatic N) is 5. The minimum atomic E-state index is 0.386. The van der Waals surface area contributed by atoms with Gasteiger partial charge in [0.05, 0.1) is 11.4 Å². The summed E-state index contributed by atoms with van der Waals surface area (Å²) in [5.74, 6) is 1.23. The smallest absolute Gasteiger partial charge is 0.200 e. The first-order valence-corrected chi connectivity index (χ1v) is 8.80. The van der Waals surface area contributed by atoms with Gasteiger partial charge in [0.25, 0.3) is 0 Å². The predicted octanol–water partition coefficient (Wildman–Crippen LogP) is 2.78. The molecule has 2 aromatic rings. The first-order valence-electron chi connectivity index (χ1n) is 8.80. The number of hydrogen-bond donors (Lipinski definition) is 1. The molecule has 1 saturated heterocycles. The lowest BCUT2D eigenvalue weighted by molar-refractivity contribution is 0.183. The molecule has 23 heavy (non-hydrogen) atoms. The van der Waals surface area contributed by atoms with Gasteiger partial charge in [0.15, 0.2) is 0 Å². The highest BCUT2D eigenvalue weighted by Gasteiger charge is 2.15. The van der Waals surface area contributed by atoms with Crippen LogP contribution in [0.3, 0.4) is 0 Å². The normalized spacial score (nSPS) is 19.6. The maximum Gasteiger partial charge on any atom is 0.200 e. The largest absolute Gasteiger partial charge is 0.382 e. The van der Waals surface area contributed by atoms with Crippen molar-refractivity contribution in [3.63, 3.8) is 0 Å². The minimum Gasteiger partial charge on any atom is -0.382 e. The Morgan fingerprint density at radius 2 is 2.26 bits per heavy atom. The lowest BCUT2D eigenvalue weighted by atomic mass is 10.0. The van der Waals surface area contributed by atoms with E-state index in [0.717, 1.165) is 35.9 Å². The molecule has 0 amide bonds. The molecule has 6 heteroatoms. The van der Waals surface area contributed by atoms with Crippen LogP contribution in [-0.4, -0.2) is 50.9 Å². The van der Waals surface area contributed by atoms with E-state index >= 15 is 0 Å². The topological polar surface area (TPSA) is 58.4 Å². The van der Waals surface area contributed by atoms with Crippen molar-refractivity contribution in [1.29, 1.82) is 0 Å². The third kappa shape index (κ3) is 3.99. The quantitative estimate of drug-likeness (QED) is 0.831. The monoisotopic (exact) mass is 316 g/mol. The van der Waals surface area contributed by atoms with Crippen LogP contribution in [0.15, 0.2) is 12.4 Å². The van der Waals surface area contributed by atoms with Crippen molar-refractivity contribution in [3.05, 3.63) is 18.1 Å². The van der Waals surface area contributed by atoms with E-state index < -0.39 is 0 Å². The molecule has 0 aromatic carbocycles. The van der Waals surface area contributed by atoms with Crippen LogP contribution in [0.4, 0.5) is 5.69 Å². The number of anilines is 1. The number of piperidine rings is 1. The third-order valence-corrected chi connectivity index (χ3v) is 4.59. The summed E-state index contributed by atoms with van der Waals surface area (Å²) in [4.78, 5) is 2.59. The Labute approximate surface area is 138 Å². The maximum absolute atomic E-state index is 4.55. The second-order valence-corrected chi connectivity index (χ2v) is 7.07. The lowest BCUT2D eigenvalue weighted by Gasteiger charge is -2.30. The molecule has 1 aliphatic rings. The molecular formula is C17H28N6. The van der Waals surface area contributed by atoms with Gasteiger partial charge < -0.3 is 10.2 Å². The number of likely N-dealkylation sites (tertiary alicyclic amines) is 1. The highest BCUT2D eigenvalue weighted by atomic mass is 15.3. The van der Waals surface area contributed by atoms with E-state index in [0.29, 0.717) is 5.92 Å². The van der Waals surface area contributed by atoms with Crippen molar-refractivity contribution < 1.29 is 0 Å². The fourth-order valence-electron chi connectivity index (χ4n) is 3.27. The number of nitrogens with one attached hydrogen (secondary N) is 1. The summed E-state index contributed by atoms with van der Waals surface area (Å²) in [7, 11) is 0. The van der Waals surface area contributed by atoms with Gasteiger partial charge in [-0.25, -0.2) is 0 Å². The fraction of sp³-hybridized carbons (Fsp3) is 0.706. The molecule has 1 aliphatic heterocycles. The highest BCUT2D eigenvalue weighted by molar-refractivity contribution is 5.66. The Morgan fingerprint density at radius 3 is 3.04 bits per heavy atom. The van der Waals surface area contributed by atoms with Crippen molar-refractivity contribution in [2.75, 3.05) is 31.5 Å². The summed E-state index contributed by atoms with van der Waals surface area (Å²) in [5.41, 5.74) is 2.90. The second-order valence-electron chi connectivity index (χ2n) is 7.07. The SMILES string of the molecule is CC1CCCN(CCCNc2cc(C(C)C)nn3cnnc23)C1. The molecule has 0 spiro atoms. The van der Waals surface area contributed by atoms with Gasteiger partial charge in [-0.05, 0) is 50.3 Å². The molecule has 1 unspecified atom stereocenters. The van der Waals surface area contributed by atoms with E-state index in [1.807, 2.05) is 0 Å². The zero-order chi connectivity index (χ0) is 16.2. The standard InChI is InChI=1S/C17H28N6/c1-13(2)15-10-16(17-20-19-12-23(17)21-15)18-7-5-9-22-8-4-6-14(3)11-22/h10,12-14,18H,4-9,11H2,1-3H3. The summed E-state index contributed by atoms with van der Waals surface area (Å²) >= 11 is 0. The van der Waals surface area contributed by atoms with E-state index in [9.17, 15) is 0 Å². The number of hydrogen-bond acceptors (Lipinski definition) is 5. The van der Waals surface area contributed by atoms with Gasteiger partial charge in [-0.3, -0.25) is 0 Å². The Bertz CT molecular complexity index is 635. The average molecular weight is 316 g/mol. The van der Waals surface area contributed by atoms with E-state index in [-0.39, 0.29) is 0 Å². The van der Waals surface area contributed by atoms with Crippen molar-refractivity contribution in [3.8, 4) is 0 Å². The van der Waals surface area contributed by atoms with Gasteiger partial charge in [0, 0.05) is 13.1 Å². The Kier molecular flexibility index (Phi) is 5.10. The van der Waals surface area contributed by atoms with E-state index in [1.54, 1.807) is 10.8 Å². The van der Waals surface area contributed by atoms with E-state index in [2.05, 4.69) is 52.4 Å². The maximum atomic E-state index is 4.55. The number of fused-ring (bicyclic) bond motifs is 1. The molecular weight excluding hydrogens is 288 g/mol. The van der Waals surface area contributed by atoms with Crippen LogP contribution in [0.25, 0.3) is 5.65 Å². The molecule has 1 atom stereocenters. The van der Waals surface area contributed by atoms with E-state index in [4.69, 9.17) is 0 Å². The van der Waals surface area contributed by atoms with Crippen molar-refractivity contribution in [2.24, 2.45) is 5.92 Å². The van der Waals surface area contributed by atoms with Gasteiger partial charge in [-0.2, -0.15) is 9.61 Å². The molecule has 0 saturated carbocycles. The van der Waals surface area contributed by atoms with Gasteiger partial charge >= 0.3 is 0 Å². The van der Waals surface area contributed by atoms with E-state index in [1.165, 1.54) is 32.5 Å². The first-order chi connectivity index (χ1) is 11.1. The Morgan fingerprint density at radius 1 is 1.39 bits per heavy atom. The van der Waals surface area contributed by atoms with Crippen LogP contribution in [0.1, 0.15) is 51.6 Å². The minimum absolute atomic E-state index is 0.386. The molecule has 3 heterocycles. The molecule has 126 valence electrons. The third-order valence-electron chi connectivity index (χ3n) is 4.59. The van der Waals surface area contributed by atoms with Gasteiger partial charge in [0.2, 0.25) is 5.65 Å². The zero-order valence-corrected chi connectivity index (χ0v) is 14.5. The molecule has 1 fully saturated rings.